The van der Waals surface area contributed by atoms with Crippen molar-refractivity contribution in [2.24, 2.45) is 0 Å². The van der Waals surface area contributed by atoms with Gasteiger partial charge in [0.1, 0.15) is 0 Å². The zero-order valence-electron chi connectivity index (χ0n) is 34.9. The molecule has 0 amide bonds. The monoisotopic (exact) mass is 804 g/mol. The van der Waals surface area contributed by atoms with Crippen molar-refractivity contribution >= 4 is 32.4 Å². The van der Waals surface area contributed by atoms with E-state index in [4.69, 9.17) is 19.9 Å². The van der Waals surface area contributed by atoms with E-state index < -0.39 is 0 Å². The van der Waals surface area contributed by atoms with Gasteiger partial charge in [-0.2, -0.15) is 0 Å². The van der Waals surface area contributed by atoms with Gasteiger partial charge < -0.3 is 0 Å². The Morgan fingerprint density at radius 2 is 0.778 bits per heavy atom. The lowest BCUT2D eigenvalue weighted by Crippen LogP contribution is -2.15. The molecule has 0 N–H and O–H groups in total. The summed E-state index contributed by atoms with van der Waals surface area (Å²) < 4.78 is 0. The zero-order chi connectivity index (χ0) is 42.1. The fraction of sp³-hybridized carbons (Fsp3) is 0.0508. The quantitative estimate of drug-likeness (QED) is 0.157. The summed E-state index contributed by atoms with van der Waals surface area (Å²) in [7, 11) is 0. The highest BCUT2D eigenvalue weighted by atomic mass is 15.0. The first-order chi connectivity index (χ1) is 31.0. The molecule has 0 atom stereocenters. The average molecular weight is 805 g/mol. The van der Waals surface area contributed by atoms with Crippen LogP contribution in [-0.2, 0) is 5.41 Å². The predicted molar refractivity (Wildman–Crippen MR) is 260 cm³/mol. The lowest BCUT2D eigenvalue weighted by Gasteiger charge is -2.24. The molecule has 0 spiro atoms. The molecule has 11 aromatic rings. The Kier molecular flexibility index (Phi) is 8.48. The van der Waals surface area contributed by atoms with Gasteiger partial charge >= 0.3 is 0 Å². The van der Waals surface area contributed by atoms with E-state index in [2.05, 4.69) is 147 Å². The van der Waals surface area contributed by atoms with Crippen LogP contribution < -0.4 is 0 Å². The molecule has 2 aromatic heterocycles. The van der Waals surface area contributed by atoms with Crippen LogP contribution in [0.5, 0.6) is 0 Å². The third kappa shape index (κ3) is 5.98. The first-order valence-corrected chi connectivity index (χ1v) is 21.6. The van der Waals surface area contributed by atoms with Gasteiger partial charge in [0.15, 0.2) is 17.5 Å². The second-order valence-corrected chi connectivity index (χ2v) is 17.0. The van der Waals surface area contributed by atoms with Crippen LogP contribution in [0.4, 0.5) is 0 Å². The molecule has 0 radical (unpaired) electrons. The Hall–Kier alpha value is -8.08. The maximum Gasteiger partial charge on any atom is 0.166 e. The standard InChI is InChI=1S/C59H40N4/c1-59(2)51-34-41(42-31-32-47(55-46(42)28-17-33-60-55)58-62-56(39-22-11-5-12-23-39)61-57(63-58)40-24-13-6-14-25-40)29-30-43(51)48-35-49-50(36-52(48)59)54(38-20-9-4-10-21-38)45-27-16-15-26-44(45)53(49)37-18-7-3-8-19-37/h3-36H,1-2H3. The van der Waals surface area contributed by atoms with E-state index in [0.717, 1.165) is 38.7 Å². The highest BCUT2D eigenvalue weighted by Gasteiger charge is 2.37. The summed E-state index contributed by atoms with van der Waals surface area (Å²) in [6.07, 6.45) is 1.86. The number of pyridine rings is 1. The van der Waals surface area contributed by atoms with E-state index >= 15 is 0 Å². The number of hydrogen-bond donors (Lipinski definition) is 0. The Balaban J connectivity index is 1.03. The van der Waals surface area contributed by atoms with Gasteiger partial charge in [0, 0.05) is 33.7 Å². The molecule has 4 nitrogen and oxygen atoms in total. The van der Waals surface area contributed by atoms with Crippen LogP contribution in [0.3, 0.4) is 0 Å². The molecule has 296 valence electrons. The zero-order valence-corrected chi connectivity index (χ0v) is 34.9. The van der Waals surface area contributed by atoms with Crippen molar-refractivity contribution in [3.8, 4) is 78.7 Å². The van der Waals surface area contributed by atoms with Crippen molar-refractivity contribution in [2.75, 3.05) is 0 Å². The van der Waals surface area contributed by atoms with Crippen molar-refractivity contribution in [2.45, 2.75) is 19.3 Å². The van der Waals surface area contributed by atoms with Gasteiger partial charge in [-0.3, -0.25) is 4.98 Å². The summed E-state index contributed by atoms with van der Waals surface area (Å²) in [6.45, 7) is 4.76. The second kappa shape index (κ2) is 14.5. The van der Waals surface area contributed by atoms with Gasteiger partial charge in [0.25, 0.3) is 0 Å². The number of nitrogens with zero attached hydrogens (tertiary/aromatic N) is 4. The topological polar surface area (TPSA) is 51.6 Å². The SMILES string of the molecule is CC1(C)c2cc(-c3ccc(-c4nc(-c5ccccc5)nc(-c5ccccc5)n4)c4ncccc34)ccc2-c2cc3c(-c4ccccc4)c4ccccc4c(-c4ccccc4)c3cc21. The molecule has 0 saturated carbocycles. The van der Waals surface area contributed by atoms with Crippen molar-refractivity contribution in [3.63, 3.8) is 0 Å². The van der Waals surface area contributed by atoms with E-state index in [-0.39, 0.29) is 5.41 Å². The summed E-state index contributed by atoms with van der Waals surface area (Å²) in [4.78, 5) is 20.1. The maximum atomic E-state index is 5.07. The molecular weight excluding hydrogens is 765 g/mol. The number of benzene rings is 9. The van der Waals surface area contributed by atoms with Crippen molar-refractivity contribution in [3.05, 3.63) is 218 Å². The van der Waals surface area contributed by atoms with Gasteiger partial charge in [-0.25, -0.2) is 15.0 Å². The Labute approximate surface area is 366 Å². The van der Waals surface area contributed by atoms with E-state index in [1.165, 1.54) is 66.1 Å². The summed E-state index contributed by atoms with van der Waals surface area (Å²) in [5.74, 6) is 1.84. The minimum atomic E-state index is -0.262. The fourth-order valence-corrected chi connectivity index (χ4v) is 9.94. The molecule has 1 aliphatic rings. The van der Waals surface area contributed by atoms with Crippen LogP contribution in [0.2, 0.25) is 0 Å². The summed E-state index contributed by atoms with van der Waals surface area (Å²) in [5, 5.41) is 6.11. The molecule has 2 heterocycles. The van der Waals surface area contributed by atoms with E-state index in [1.807, 2.05) is 72.9 Å². The lowest BCUT2D eigenvalue weighted by molar-refractivity contribution is 0.661. The van der Waals surface area contributed by atoms with Gasteiger partial charge in [0.2, 0.25) is 0 Å². The number of aromatic nitrogens is 4. The van der Waals surface area contributed by atoms with Gasteiger partial charge in [-0.15, -0.1) is 0 Å². The molecule has 4 heteroatoms. The molecule has 0 bridgehead atoms. The minimum Gasteiger partial charge on any atom is -0.255 e. The average Bonchev–Trinajstić information content (AvgIpc) is 3.57. The van der Waals surface area contributed by atoms with Crippen LogP contribution in [0.1, 0.15) is 25.0 Å². The number of hydrogen-bond acceptors (Lipinski definition) is 4. The summed E-state index contributed by atoms with van der Waals surface area (Å²) in [5.41, 5.74) is 15.8. The second-order valence-electron chi connectivity index (χ2n) is 17.0. The van der Waals surface area contributed by atoms with Crippen molar-refractivity contribution < 1.29 is 0 Å². The van der Waals surface area contributed by atoms with E-state index in [9.17, 15) is 0 Å². The molecule has 0 fully saturated rings. The van der Waals surface area contributed by atoms with Gasteiger partial charge in [-0.1, -0.05) is 184 Å². The summed E-state index contributed by atoms with van der Waals surface area (Å²) >= 11 is 0. The summed E-state index contributed by atoms with van der Waals surface area (Å²) in [6, 6.07) is 71.5. The third-order valence-corrected chi connectivity index (χ3v) is 13.0. The van der Waals surface area contributed by atoms with Gasteiger partial charge in [0.05, 0.1) is 5.52 Å². The van der Waals surface area contributed by atoms with Crippen LogP contribution in [0.25, 0.3) is 111 Å². The molecule has 12 rings (SSSR count). The highest BCUT2D eigenvalue weighted by Crippen LogP contribution is 2.54. The first-order valence-electron chi connectivity index (χ1n) is 21.6. The number of fused-ring (bicyclic) bond motifs is 6. The minimum absolute atomic E-state index is 0.262. The molecule has 0 saturated heterocycles. The normalized spacial score (nSPS) is 12.7. The fourth-order valence-electron chi connectivity index (χ4n) is 9.94. The Morgan fingerprint density at radius 1 is 0.317 bits per heavy atom. The smallest absolute Gasteiger partial charge is 0.166 e. The van der Waals surface area contributed by atoms with Gasteiger partial charge in [-0.05, 0) is 108 Å². The van der Waals surface area contributed by atoms with Crippen LogP contribution in [0, 0.1) is 0 Å². The number of rotatable bonds is 6. The van der Waals surface area contributed by atoms with Crippen LogP contribution in [-0.4, -0.2) is 19.9 Å². The molecule has 0 aliphatic heterocycles. The molecule has 63 heavy (non-hydrogen) atoms. The molecule has 1 aliphatic carbocycles. The van der Waals surface area contributed by atoms with Crippen molar-refractivity contribution in [1.82, 2.24) is 19.9 Å². The maximum absolute atomic E-state index is 5.07. The van der Waals surface area contributed by atoms with Crippen LogP contribution in [0.15, 0.2) is 206 Å². The van der Waals surface area contributed by atoms with Crippen molar-refractivity contribution in [1.29, 1.82) is 0 Å². The Bertz CT molecular complexity index is 3510. The first kappa shape index (κ1) is 36.7. The third-order valence-electron chi connectivity index (χ3n) is 13.0. The molecule has 0 unspecified atom stereocenters. The molecule has 9 aromatic carbocycles. The van der Waals surface area contributed by atoms with E-state index in [0.29, 0.717) is 17.5 Å². The highest BCUT2D eigenvalue weighted by molar-refractivity contribution is 6.22. The van der Waals surface area contributed by atoms with E-state index in [1.54, 1.807) is 0 Å². The lowest BCUT2D eigenvalue weighted by atomic mass is 9.79. The Morgan fingerprint density at radius 3 is 1.37 bits per heavy atom. The molecular formula is C59H40N4. The largest absolute Gasteiger partial charge is 0.255 e. The predicted octanol–water partition coefficient (Wildman–Crippen LogP) is 15.0. The van der Waals surface area contributed by atoms with Crippen LogP contribution >= 0.6 is 0 Å².